The van der Waals surface area contributed by atoms with Crippen LogP contribution < -0.4 is 11.0 Å². The molecule has 1 N–H and O–H groups in total. The molecule has 1 aromatic heterocycles. The van der Waals surface area contributed by atoms with Crippen LogP contribution in [0.1, 0.15) is 20.8 Å². The molecule has 0 aliphatic carbocycles. The number of carbonyl (C=O) groups is 1. The van der Waals surface area contributed by atoms with Gasteiger partial charge in [0.1, 0.15) is 6.54 Å². The molecule has 0 unspecified atom stereocenters. The largest absolute Gasteiger partial charge is 0.369 e. The number of amides is 1. The van der Waals surface area contributed by atoms with Gasteiger partial charge < -0.3 is 5.32 Å². The molecule has 0 spiro atoms. The van der Waals surface area contributed by atoms with E-state index in [2.05, 4.69) is 15.7 Å². The van der Waals surface area contributed by atoms with Crippen LogP contribution in [0.15, 0.2) is 29.1 Å². The van der Waals surface area contributed by atoms with Crippen LogP contribution in [0.3, 0.4) is 0 Å². The Balaban J connectivity index is 2.17. The standard InChI is InChI=1S/C14H18ClN5O2/c1-9(2)10(3)16-13(21)8-19-14(22)20(18-17-19)12-7-5-4-6-11(12)15/h4-7,9-10H,8H2,1-3H3,(H,16,21)/t10-/m0/s1. The lowest BCUT2D eigenvalue weighted by Crippen LogP contribution is -2.40. The Morgan fingerprint density at radius 3 is 2.59 bits per heavy atom. The van der Waals surface area contributed by atoms with Gasteiger partial charge in [-0.2, -0.15) is 9.36 Å². The highest BCUT2D eigenvalue weighted by atomic mass is 35.5. The SMILES string of the molecule is CC(C)[C@H](C)NC(=O)Cn1nnn(-c2ccccc2Cl)c1=O. The van der Waals surface area contributed by atoms with Gasteiger partial charge in [0.2, 0.25) is 5.91 Å². The fraction of sp³-hybridized carbons (Fsp3) is 0.429. The Morgan fingerprint density at radius 2 is 1.95 bits per heavy atom. The number of halogens is 1. The first kappa shape index (κ1) is 16.2. The zero-order chi connectivity index (χ0) is 16.3. The summed E-state index contributed by atoms with van der Waals surface area (Å²) in [6.45, 7) is 5.74. The molecule has 118 valence electrons. The van der Waals surface area contributed by atoms with Crippen molar-refractivity contribution >= 4 is 17.5 Å². The van der Waals surface area contributed by atoms with Gasteiger partial charge in [0, 0.05) is 6.04 Å². The van der Waals surface area contributed by atoms with Crippen LogP contribution in [0.4, 0.5) is 0 Å². The number of para-hydroxylation sites is 1. The van der Waals surface area contributed by atoms with Gasteiger partial charge in [-0.1, -0.05) is 37.6 Å². The van der Waals surface area contributed by atoms with Crippen LogP contribution in [-0.4, -0.2) is 31.7 Å². The number of hydrogen-bond acceptors (Lipinski definition) is 4. The van der Waals surface area contributed by atoms with Gasteiger partial charge in [-0.05, 0) is 35.4 Å². The number of rotatable bonds is 5. The summed E-state index contributed by atoms with van der Waals surface area (Å²) in [5.74, 6) is 0.0222. The second-order valence-corrected chi connectivity index (χ2v) is 5.79. The fourth-order valence-electron chi connectivity index (χ4n) is 1.75. The van der Waals surface area contributed by atoms with Gasteiger partial charge >= 0.3 is 5.69 Å². The minimum atomic E-state index is -0.513. The molecule has 8 heteroatoms. The third-order valence-corrected chi connectivity index (χ3v) is 3.72. The zero-order valence-electron chi connectivity index (χ0n) is 12.7. The van der Waals surface area contributed by atoms with Crippen molar-refractivity contribution in [1.82, 2.24) is 25.1 Å². The normalized spacial score (nSPS) is 12.4. The fourth-order valence-corrected chi connectivity index (χ4v) is 1.97. The molecule has 0 bridgehead atoms. The molecule has 0 fully saturated rings. The van der Waals surface area contributed by atoms with Gasteiger partial charge in [-0.15, -0.1) is 0 Å². The summed E-state index contributed by atoms with van der Waals surface area (Å²) >= 11 is 6.03. The third-order valence-electron chi connectivity index (χ3n) is 3.40. The monoisotopic (exact) mass is 323 g/mol. The lowest BCUT2D eigenvalue weighted by molar-refractivity contribution is -0.122. The molecule has 0 aliphatic heterocycles. The van der Waals surface area contributed by atoms with Gasteiger partial charge in [-0.25, -0.2) is 4.79 Å². The van der Waals surface area contributed by atoms with E-state index < -0.39 is 5.69 Å². The number of nitrogens with one attached hydrogen (secondary N) is 1. The number of benzene rings is 1. The molecule has 1 aromatic carbocycles. The molecule has 0 radical (unpaired) electrons. The van der Waals surface area contributed by atoms with E-state index in [0.717, 1.165) is 9.36 Å². The maximum absolute atomic E-state index is 12.2. The Morgan fingerprint density at radius 1 is 1.27 bits per heavy atom. The smallest absolute Gasteiger partial charge is 0.352 e. The van der Waals surface area contributed by atoms with Gasteiger partial charge in [0.25, 0.3) is 0 Å². The molecule has 2 aromatic rings. The number of tetrazole rings is 1. The van der Waals surface area contributed by atoms with Crippen LogP contribution >= 0.6 is 11.6 Å². The summed E-state index contributed by atoms with van der Waals surface area (Å²) in [5, 5.41) is 10.7. The average Bonchev–Trinajstić information content (AvgIpc) is 2.80. The van der Waals surface area contributed by atoms with Crippen molar-refractivity contribution in [3.8, 4) is 5.69 Å². The predicted molar refractivity (Wildman–Crippen MR) is 83.1 cm³/mol. The third kappa shape index (κ3) is 3.54. The van der Waals surface area contributed by atoms with Crippen molar-refractivity contribution in [1.29, 1.82) is 0 Å². The molecular weight excluding hydrogens is 306 g/mol. The summed E-state index contributed by atoms with van der Waals surface area (Å²) < 4.78 is 2.08. The highest BCUT2D eigenvalue weighted by Crippen LogP contribution is 2.16. The summed E-state index contributed by atoms with van der Waals surface area (Å²) in [5.41, 5.74) is -0.0863. The number of nitrogens with zero attached hydrogens (tertiary/aromatic N) is 4. The Hall–Kier alpha value is -2.15. The number of carbonyl (C=O) groups excluding carboxylic acids is 1. The molecule has 1 atom stereocenters. The van der Waals surface area contributed by atoms with Crippen molar-refractivity contribution < 1.29 is 4.79 Å². The number of hydrogen-bond donors (Lipinski definition) is 1. The zero-order valence-corrected chi connectivity index (χ0v) is 13.4. The van der Waals surface area contributed by atoms with Crippen LogP contribution in [-0.2, 0) is 11.3 Å². The van der Waals surface area contributed by atoms with Crippen molar-refractivity contribution in [2.75, 3.05) is 0 Å². The van der Waals surface area contributed by atoms with Crippen molar-refractivity contribution in [2.45, 2.75) is 33.4 Å². The Kier molecular flexibility index (Phi) is 4.97. The van der Waals surface area contributed by atoms with E-state index in [9.17, 15) is 9.59 Å². The molecule has 1 heterocycles. The van der Waals surface area contributed by atoms with Crippen LogP contribution in [0.2, 0.25) is 5.02 Å². The summed E-state index contributed by atoms with van der Waals surface area (Å²) in [4.78, 5) is 24.2. The molecular formula is C14H18ClN5O2. The highest BCUT2D eigenvalue weighted by molar-refractivity contribution is 6.32. The molecule has 7 nitrogen and oxygen atoms in total. The summed E-state index contributed by atoms with van der Waals surface area (Å²) in [6, 6.07) is 6.82. The van der Waals surface area contributed by atoms with Crippen LogP contribution in [0.25, 0.3) is 5.69 Å². The molecule has 0 saturated heterocycles. The van der Waals surface area contributed by atoms with Gasteiger partial charge in [0.15, 0.2) is 0 Å². The second kappa shape index (κ2) is 6.74. The molecule has 2 rings (SSSR count). The first-order valence-corrected chi connectivity index (χ1v) is 7.35. The predicted octanol–water partition coefficient (Wildman–Crippen LogP) is 1.24. The highest BCUT2D eigenvalue weighted by Gasteiger charge is 2.16. The van der Waals surface area contributed by atoms with Gasteiger partial charge in [-0.3, -0.25) is 4.79 Å². The molecule has 0 saturated carbocycles. The molecule has 22 heavy (non-hydrogen) atoms. The summed E-state index contributed by atoms with van der Waals surface area (Å²) in [6.07, 6.45) is 0. The summed E-state index contributed by atoms with van der Waals surface area (Å²) in [7, 11) is 0. The average molecular weight is 324 g/mol. The van der Waals surface area contributed by atoms with E-state index in [-0.39, 0.29) is 18.5 Å². The maximum atomic E-state index is 12.2. The van der Waals surface area contributed by atoms with Gasteiger partial charge in [0.05, 0.1) is 10.7 Å². The maximum Gasteiger partial charge on any atom is 0.369 e. The molecule has 1 amide bonds. The minimum absolute atomic E-state index is 0.0156. The number of aromatic nitrogens is 4. The first-order valence-electron chi connectivity index (χ1n) is 6.97. The lowest BCUT2D eigenvalue weighted by atomic mass is 10.1. The van der Waals surface area contributed by atoms with E-state index in [0.29, 0.717) is 16.6 Å². The van der Waals surface area contributed by atoms with Crippen molar-refractivity contribution in [2.24, 2.45) is 5.92 Å². The van der Waals surface area contributed by atoms with E-state index >= 15 is 0 Å². The quantitative estimate of drug-likeness (QED) is 0.897. The molecule has 0 aliphatic rings. The minimum Gasteiger partial charge on any atom is -0.352 e. The topological polar surface area (TPSA) is 81.8 Å². The van der Waals surface area contributed by atoms with E-state index in [4.69, 9.17) is 11.6 Å². The van der Waals surface area contributed by atoms with Crippen molar-refractivity contribution in [3.05, 3.63) is 39.8 Å². The van der Waals surface area contributed by atoms with Crippen LogP contribution in [0, 0.1) is 5.92 Å². The Labute approximate surface area is 132 Å². The van der Waals surface area contributed by atoms with Crippen LogP contribution in [0.5, 0.6) is 0 Å². The van der Waals surface area contributed by atoms with E-state index in [1.54, 1.807) is 24.3 Å². The van der Waals surface area contributed by atoms with Crippen molar-refractivity contribution in [3.63, 3.8) is 0 Å². The Bertz CT molecular complexity index is 722. The lowest BCUT2D eigenvalue weighted by Gasteiger charge is -2.16. The van der Waals surface area contributed by atoms with E-state index in [1.807, 2.05) is 20.8 Å². The second-order valence-electron chi connectivity index (χ2n) is 5.38. The van der Waals surface area contributed by atoms with E-state index in [1.165, 1.54) is 0 Å². The first-order chi connectivity index (χ1) is 10.4.